The van der Waals surface area contributed by atoms with Crippen molar-refractivity contribution >= 4 is 21.8 Å². The minimum atomic E-state index is -3.73. The molecule has 1 atom stereocenters. The number of benzene rings is 3. The molecule has 3 rings (SSSR count). The molecule has 38 heavy (non-hydrogen) atoms. The maximum absolute atomic E-state index is 13.9. The molecule has 0 bridgehead atoms. The Morgan fingerprint density at radius 2 is 1.32 bits per heavy atom. The molecule has 0 heterocycles. The fourth-order valence-electron chi connectivity index (χ4n) is 4.06. The van der Waals surface area contributed by atoms with E-state index in [2.05, 4.69) is 5.32 Å². The molecule has 0 saturated carbocycles. The van der Waals surface area contributed by atoms with E-state index in [0.717, 1.165) is 27.3 Å². The molecule has 202 valence electrons. The summed E-state index contributed by atoms with van der Waals surface area (Å²) in [4.78, 5) is 28.7. The van der Waals surface area contributed by atoms with Gasteiger partial charge < -0.3 is 15.3 Å². The van der Waals surface area contributed by atoms with Crippen LogP contribution in [0.2, 0.25) is 0 Å². The first-order valence-corrected chi connectivity index (χ1v) is 14.4. The van der Waals surface area contributed by atoms with Gasteiger partial charge in [0.15, 0.2) is 0 Å². The Labute approximate surface area is 225 Å². The predicted octanol–water partition coefficient (Wildman–Crippen LogP) is 2.59. The van der Waals surface area contributed by atoms with Crippen molar-refractivity contribution in [3.05, 3.63) is 108 Å². The van der Waals surface area contributed by atoms with Crippen molar-refractivity contribution in [2.24, 2.45) is 0 Å². The summed E-state index contributed by atoms with van der Waals surface area (Å²) in [6, 6.07) is 26.9. The Balaban J connectivity index is 1.95. The fourth-order valence-corrected chi connectivity index (χ4v) is 4.79. The number of carbonyl (C=O) groups is 2. The molecule has 0 aliphatic heterocycles. The molecule has 3 aromatic rings. The molecule has 0 spiro atoms. The van der Waals surface area contributed by atoms with E-state index in [9.17, 15) is 18.0 Å². The molecule has 9 heteroatoms. The Hall–Kier alpha value is -3.53. The molecule has 0 saturated heterocycles. The molecule has 8 nitrogen and oxygen atoms in total. The number of hydrogen-bond donors (Lipinski definition) is 2. The van der Waals surface area contributed by atoms with Gasteiger partial charge in [-0.25, -0.2) is 8.42 Å². The SMILES string of the molecule is CS(=O)(=O)N(CC(=O)N(Cc1ccccc1)[C@@H](Cc1ccccc1)C(=O)NCCCO)Cc1ccccc1. The predicted molar refractivity (Wildman–Crippen MR) is 147 cm³/mol. The lowest BCUT2D eigenvalue weighted by molar-refractivity contribution is -0.141. The zero-order valence-corrected chi connectivity index (χ0v) is 22.4. The highest BCUT2D eigenvalue weighted by Crippen LogP contribution is 2.17. The molecule has 2 amide bonds. The van der Waals surface area contributed by atoms with E-state index in [4.69, 9.17) is 5.11 Å². The average molecular weight is 538 g/mol. The average Bonchev–Trinajstić information content (AvgIpc) is 2.91. The van der Waals surface area contributed by atoms with Crippen molar-refractivity contribution in [1.29, 1.82) is 0 Å². The summed E-state index contributed by atoms with van der Waals surface area (Å²) in [6.45, 7) is -0.0451. The Bertz CT molecular complexity index is 1260. The third-order valence-corrected chi connectivity index (χ3v) is 7.28. The van der Waals surface area contributed by atoms with Crippen molar-refractivity contribution in [3.63, 3.8) is 0 Å². The van der Waals surface area contributed by atoms with E-state index in [0.29, 0.717) is 6.42 Å². The number of aliphatic hydroxyl groups excluding tert-OH is 1. The van der Waals surface area contributed by atoms with Crippen molar-refractivity contribution in [2.75, 3.05) is 26.0 Å². The molecule has 0 unspecified atom stereocenters. The Kier molecular flexibility index (Phi) is 11.0. The van der Waals surface area contributed by atoms with Crippen LogP contribution >= 0.6 is 0 Å². The molecular formula is C29H35N3O5S. The highest BCUT2D eigenvalue weighted by atomic mass is 32.2. The van der Waals surface area contributed by atoms with Crippen LogP contribution in [-0.2, 0) is 39.1 Å². The van der Waals surface area contributed by atoms with Gasteiger partial charge in [0, 0.05) is 32.7 Å². The van der Waals surface area contributed by atoms with Gasteiger partial charge >= 0.3 is 0 Å². The number of aliphatic hydroxyl groups is 1. The largest absolute Gasteiger partial charge is 0.396 e. The third kappa shape index (κ3) is 9.09. The first-order chi connectivity index (χ1) is 18.3. The lowest BCUT2D eigenvalue weighted by Gasteiger charge is -2.33. The van der Waals surface area contributed by atoms with Gasteiger partial charge in [0.25, 0.3) is 0 Å². The van der Waals surface area contributed by atoms with Gasteiger partial charge in [-0.05, 0) is 23.1 Å². The summed E-state index contributed by atoms with van der Waals surface area (Å²) >= 11 is 0. The van der Waals surface area contributed by atoms with E-state index in [1.165, 1.54) is 4.90 Å². The minimum absolute atomic E-state index is 0.0383. The molecule has 0 aliphatic rings. The van der Waals surface area contributed by atoms with E-state index in [1.807, 2.05) is 78.9 Å². The monoisotopic (exact) mass is 537 g/mol. The van der Waals surface area contributed by atoms with E-state index < -0.39 is 28.5 Å². The van der Waals surface area contributed by atoms with Crippen LogP contribution in [0.5, 0.6) is 0 Å². The van der Waals surface area contributed by atoms with Crippen molar-refractivity contribution < 1.29 is 23.1 Å². The smallest absolute Gasteiger partial charge is 0.243 e. The first kappa shape index (κ1) is 29.0. The number of carbonyl (C=O) groups excluding carboxylic acids is 2. The van der Waals surface area contributed by atoms with Crippen LogP contribution in [-0.4, -0.2) is 66.5 Å². The second-order valence-corrected chi connectivity index (χ2v) is 11.1. The van der Waals surface area contributed by atoms with E-state index in [1.54, 1.807) is 12.1 Å². The molecular weight excluding hydrogens is 502 g/mol. The quantitative estimate of drug-likeness (QED) is 0.308. The van der Waals surface area contributed by atoms with Crippen LogP contribution in [0, 0.1) is 0 Å². The minimum Gasteiger partial charge on any atom is -0.396 e. The number of hydrogen-bond acceptors (Lipinski definition) is 5. The number of sulfonamides is 1. The lowest BCUT2D eigenvalue weighted by atomic mass is 10.0. The van der Waals surface area contributed by atoms with Gasteiger partial charge in [0.2, 0.25) is 21.8 Å². The van der Waals surface area contributed by atoms with Crippen LogP contribution < -0.4 is 5.32 Å². The number of amides is 2. The number of nitrogens with one attached hydrogen (secondary N) is 1. The second-order valence-electron chi connectivity index (χ2n) is 9.10. The van der Waals surface area contributed by atoms with Gasteiger partial charge in [-0.3, -0.25) is 9.59 Å². The summed E-state index contributed by atoms with van der Waals surface area (Å²) in [5.74, 6) is -0.839. The van der Waals surface area contributed by atoms with E-state index >= 15 is 0 Å². The summed E-state index contributed by atoms with van der Waals surface area (Å²) in [7, 11) is -3.73. The molecule has 3 aromatic carbocycles. The number of nitrogens with zero attached hydrogens (tertiary/aromatic N) is 2. The molecule has 0 fully saturated rings. The van der Waals surface area contributed by atoms with Gasteiger partial charge in [0.1, 0.15) is 6.04 Å². The fraction of sp³-hybridized carbons (Fsp3) is 0.310. The standard InChI is InChI=1S/C29H35N3O5S/c1-38(36,37)31(21-25-14-7-3-8-15-25)23-28(34)32(22-26-16-9-4-10-17-26)27(29(35)30-18-11-19-33)20-24-12-5-2-6-13-24/h2-10,12-17,27,33H,11,18-23H2,1H3,(H,30,35)/t27-/m0/s1. The van der Waals surface area contributed by atoms with Crippen LogP contribution in [0.1, 0.15) is 23.1 Å². The number of rotatable bonds is 14. The van der Waals surface area contributed by atoms with E-state index in [-0.39, 0.29) is 38.6 Å². The van der Waals surface area contributed by atoms with Crippen LogP contribution in [0.4, 0.5) is 0 Å². The molecule has 0 aromatic heterocycles. The van der Waals surface area contributed by atoms with Gasteiger partial charge in [-0.2, -0.15) is 4.31 Å². The topological polar surface area (TPSA) is 107 Å². The summed E-state index contributed by atoms with van der Waals surface area (Å²) in [5, 5.41) is 12.0. The Morgan fingerprint density at radius 1 is 0.816 bits per heavy atom. The van der Waals surface area contributed by atoms with Gasteiger partial charge in [-0.1, -0.05) is 91.0 Å². The zero-order chi connectivity index (χ0) is 27.4. The maximum atomic E-state index is 13.9. The van der Waals surface area contributed by atoms with Crippen molar-refractivity contribution in [3.8, 4) is 0 Å². The normalized spacial score (nSPS) is 12.2. The molecule has 0 radical (unpaired) electrons. The third-order valence-electron chi connectivity index (χ3n) is 6.08. The van der Waals surface area contributed by atoms with Crippen molar-refractivity contribution in [2.45, 2.75) is 32.0 Å². The Morgan fingerprint density at radius 3 is 1.82 bits per heavy atom. The van der Waals surface area contributed by atoms with Gasteiger partial charge in [-0.15, -0.1) is 0 Å². The van der Waals surface area contributed by atoms with Crippen LogP contribution in [0.3, 0.4) is 0 Å². The van der Waals surface area contributed by atoms with Crippen LogP contribution in [0.15, 0.2) is 91.0 Å². The van der Waals surface area contributed by atoms with Crippen molar-refractivity contribution in [1.82, 2.24) is 14.5 Å². The molecule has 0 aliphatic carbocycles. The molecule has 2 N–H and O–H groups in total. The summed E-state index contributed by atoms with van der Waals surface area (Å²) in [6.07, 6.45) is 1.71. The summed E-state index contributed by atoms with van der Waals surface area (Å²) in [5.41, 5.74) is 2.43. The summed E-state index contributed by atoms with van der Waals surface area (Å²) < 4.78 is 26.5. The maximum Gasteiger partial charge on any atom is 0.243 e. The lowest BCUT2D eigenvalue weighted by Crippen LogP contribution is -2.53. The highest BCUT2D eigenvalue weighted by molar-refractivity contribution is 7.88. The zero-order valence-electron chi connectivity index (χ0n) is 21.6. The van der Waals surface area contributed by atoms with Gasteiger partial charge in [0.05, 0.1) is 12.8 Å². The van der Waals surface area contributed by atoms with Crippen LogP contribution in [0.25, 0.3) is 0 Å². The second kappa shape index (κ2) is 14.4. The highest BCUT2D eigenvalue weighted by Gasteiger charge is 2.32. The first-order valence-electron chi connectivity index (χ1n) is 12.5.